The summed E-state index contributed by atoms with van der Waals surface area (Å²) in [5.41, 5.74) is 1.51. The standard InChI is InChI=1S/C16H10Cl2N2O2S/c17-11-7-5-10(6-8-11)9-14(21)23-16-20-19-15(22-16)12-3-1-2-4-13(12)18/h1-8H,9H2. The Morgan fingerprint density at radius 1 is 1.04 bits per heavy atom. The number of thioether (sulfide) groups is 1. The zero-order valence-corrected chi connectivity index (χ0v) is 14.0. The smallest absolute Gasteiger partial charge is 0.284 e. The predicted octanol–water partition coefficient (Wildman–Crippen LogP) is 4.90. The average Bonchev–Trinajstić information content (AvgIpc) is 2.98. The van der Waals surface area contributed by atoms with Crippen molar-refractivity contribution in [2.45, 2.75) is 11.6 Å². The maximum Gasteiger partial charge on any atom is 0.284 e. The maximum absolute atomic E-state index is 12.1. The Morgan fingerprint density at radius 2 is 1.78 bits per heavy atom. The Bertz CT molecular complexity index is 834. The molecule has 3 rings (SSSR count). The van der Waals surface area contributed by atoms with E-state index in [1.54, 1.807) is 24.3 Å². The highest BCUT2D eigenvalue weighted by Gasteiger charge is 2.15. The van der Waals surface area contributed by atoms with Crippen molar-refractivity contribution in [2.24, 2.45) is 0 Å². The first-order chi connectivity index (χ1) is 11.1. The van der Waals surface area contributed by atoms with Crippen LogP contribution >= 0.6 is 35.0 Å². The van der Waals surface area contributed by atoms with Crippen molar-refractivity contribution in [2.75, 3.05) is 0 Å². The van der Waals surface area contributed by atoms with E-state index in [1.165, 1.54) is 0 Å². The minimum absolute atomic E-state index is 0.0957. The number of nitrogens with zero attached hydrogens (tertiary/aromatic N) is 2. The molecule has 116 valence electrons. The summed E-state index contributed by atoms with van der Waals surface area (Å²) in [6.07, 6.45) is 0.256. The summed E-state index contributed by atoms with van der Waals surface area (Å²) in [7, 11) is 0. The lowest BCUT2D eigenvalue weighted by Gasteiger charge is -1.99. The lowest BCUT2D eigenvalue weighted by Crippen LogP contribution is -1.97. The largest absolute Gasteiger partial charge is 0.411 e. The van der Waals surface area contributed by atoms with Crippen molar-refractivity contribution < 1.29 is 9.21 Å². The topological polar surface area (TPSA) is 56.0 Å². The summed E-state index contributed by atoms with van der Waals surface area (Å²) in [5.74, 6) is 0.289. The van der Waals surface area contributed by atoms with E-state index in [2.05, 4.69) is 10.2 Å². The molecule has 0 amide bonds. The van der Waals surface area contributed by atoms with Crippen molar-refractivity contribution in [3.63, 3.8) is 0 Å². The van der Waals surface area contributed by atoms with Crippen LogP contribution in [-0.2, 0) is 11.2 Å². The SMILES string of the molecule is O=C(Cc1ccc(Cl)cc1)Sc1nnc(-c2ccccc2Cl)o1. The molecule has 0 spiro atoms. The Labute approximate surface area is 146 Å². The number of hydrogen-bond acceptors (Lipinski definition) is 5. The summed E-state index contributed by atoms with van der Waals surface area (Å²) >= 11 is 12.8. The summed E-state index contributed by atoms with van der Waals surface area (Å²) < 4.78 is 5.49. The van der Waals surface area contributed by atoms with Crippen LogP contribution in [0.2, 0.25) is 10.0 Å². The van der Waals surface area contributed by atoms with Crippen molar-refractivity contribution in [3.05, 3.63) is 64.1 Å². The Morgan fingerprint density at radius 3 is 2.52 bits per heavy atom. The normalized spacial score (nSPS) is 10.7. The molecule has 2 aromatic carbocycles. The first kappa shape index (κ1) is 16.1. The van der Waals surface area contributed by atoms with Gasteiger partial charge in [0, 0.05) is 23.2 Å². The summed E-state index contributed by atoms with van der Waals surface area (Å²) in [5, 5.41) is 9.05. The zero-order chi connectivity index (χ0) is 16.2. The molecule has 0 aliphatic heterocycles. The van der Waals surface area contributed by atoms with Gasteiger partial charge in [-0.15, -0.1) is 10.2 Å². The molecule has 0 saturated carbocycles. The average molecular weight is 365 g/mol. The van der Waals surface area contributed by atoms with Gasteiger partial charge in [0.05, 0.1) is 10.6 Å². The van der Waals surface area contributed by atoms with Crippen LogP contribution in [0.4, 0.5) is 0 Å². The molecule has 0 bridgehead atoms. The van der Waals surface area contributed by atoms with E-state index in [1.807, 2.05) is 24.3 Å². The van der Waals surface area contributed by atoms with Gasteiger partial charge in [-0.25, -0.2) is 0 Å². The summed E-state index contributed by atoms with van der Waals surface area (Å²) in [6.45, 7) is 0. The Balaban J connectivity index is 1.68. The van der Waals surface area contributed by atoms with Crippen LogP contribution in [0.25, 0.3) is 11.5 Å². The number of benzene rings is 2. The fourth-order valence-electron chi connectivity index (χ4n) is 1.90. The highest BCUT2D eigenvalue weighted by Crippen LogP contribution is 2.29. The quantitative estimate of drug-likeness (QED) is 0.615. The minimum Gasteiger partial charge on any atom is -0.411 e. The molecule has 0 unspecified atom stereocenters. The molecule has 0 N–H and O–H groups in total. The second kappa shape index (κ2) is 7.17. The fourth-order valence-corrected chi connectivity index (χ4v) is 2.88. The van der Waals surface area contributed by atoms with Crippen molar-refractivity contribution >= 4 is 40.1 Å². The van der Waals surface area contributed by atoms with E-state index < -0.39 is 0 Å². The summed E-state index contributed by atoms with van der Waals surface area (Å²) in [4.78, 5) is 12.1. The van der Waals surface area contributed by atoms with E-state index in [-0.39, 0.29) is 22.6 Å². The molecule has 1 aromatic heterocycles. The number of aromatic nitrogens is 2. The van der Waals surface area contributed by atoms with Gasteiger partial charge in [0.1, 0.15) is 0 Å². The molecular formula is C16H10Cl2N2O2S. The number of rotatable bonds is 4. The molecule has 0 saturated heterocycles. The second-order valence-corrected chi connectivity index (χ2v) is 6.48. The molecule has 7 heteroatoms. The third kappa shape index (κ3) is 4.13. The van der Waals surface area contributed by atoms with E-state index in [0.717, 1.165) is 17.3 Å². The van der Waals surface area contributed by atoms with Crippen molar-refractivity contribution in [1.82, 2.24) is 10.2 Å². The summed E-state index contributed by atoms with van der Waals surface area (Å²) in [6, 6.07) is 14.3. The van der Waals surface area contributed by atoms with E-state index in [4.69, 9.17) is 27.6 Å². The monoisotopic (exact) mass is 364 g/mol. The van der Waals surface area contributed by atoms with Crippen LogP contribution in [0.3, 0.4) is 0 Å². The first-order valence-corrected chi connectivity index (χ1v) is 8.22. The highest BCUT2D eigenvalue weighted by atomic mass is 35.5. The maximum atomic E-state index is 12.1. The van der Waals surface area contributed by atoms with Crippen LogP contribution < -0.4 is 0 Å². The van der Waals surface area contributed by atoms with Gasteiger partial charge < -0.3 is 4.42 Å². The van der Waals surface area contributed by atoms with Gasteiger partial charge in [-0.3, -0.25) is 4.79 Å². The molecule has 0 radical (unpaired) electrons. The molecule has 0 atom stereocenters. The number of carbonyl (C=O) groups excluding carboxylic acids is 1. The second-order valence-electron chi connectivity index (χ2n) is 4.63. The lowest BCUT2D eigenvalue weighted by molar-refractivity contribution is -0.110. The van der Waals surface area contributed by atoms with E-state index >= 15 is 0 Å². The minimum atomic E-state index is -0.0957. The predicted molar refractivity (Wildman–Crippen MR) is 90.8 cm³/mol. The number of hydrogen-bond donors (Lipinski definition) is 0. The lowest BCUT2D eigenvalue weighted by atomic mass is 10.2. The van der Waals surface area contributed by atoms with Gasteiger partial charge >= 0.3 is 0 Å². The number of carbonyl (C=O) groups is 1. The van der Waals surface area contributed by atoms with Gasteiger partial charge in [-0.1, -0.05) is 47.5 Å². The third-order valence-corrected chi connectivity index (χ3v) is 4.27. The molecule has 1 heterocycles. The van der Waals surface area contributed by atoms with E-state index in [0.29, 0.717) is 15.6 Å². The third-order valence-electron chi connectivity index (χ3n) is 2.97. The van der Waals surface area contributed by atoms with Gasteiger partial charge in [-0.2, -0.15) is 0 Å². The fraction of sp³-hybridized carbons (Fsp3) is 0.0625. The van der Waals surface area contributed by atoms with Gasteiger partial charge in [0.2, 0.25) is 11.0 Å². The van der Waals surface area contributed by atoms with Crippen LogP contribution in [-0.4, -0.2) is 15.3 Å². The molecule has 0 fully saturated rings. The van der Waals surface area contributed by atoms with Crippen molar-refractivity contribution in [3.8, 4) is 11.5 Å². The molecular weight excluding hydrogens is 355 g/mol. The van der Waals surface area contributed by atoms with Gasteiger partial charge in [-0.05, 0) is 29.8 Å². The molecule has 0 aliphatic rings. The molecule has 23 heavy (non-hydrogen) atoms. The molecule has 3 aromatic rings. The number of halogens is 2. The highest BCUT2D eigenvalue weighted by molar-refractivity contribution is 8.13. The van der Waals surface area contributed by atoms with Gasteiger partial charge in [0.15, 0.2) is 0 Å². The van der Waals surface area contributed by atoms with Crippen LogP contribution in [0.15, 0.2) is 58.2 Å². The van der Waals surface area contributed by atoms with Crippen LogP contribution in [0.1, 0.15) is 5.56 Å². The zero-order valence-electron chi connectivity index (χ0n) is 11.7. The van der Waals surface area contributed by atoms with Gasteiger partial charge in [0.25, 0.3) is 5.22 Å². The van der Waals surface area contributed by atoms with Crippen molar-refractivity contribution in [1.29, 1.82) is 0 Å². The Hall–Kier alpha value is -1.82. The van der Waals surface area contributed by atoms with E-state index in [9.17, 15) is 4.79 Å². The molecule has 0 aliphatic carbocycles. The first-order valence-electron chi connectivity index (χ1n) is 6.65. The van der Waals surface area contributed by atoms with Crippen LogP contribution in [0, 0.1) is 0 Å². The Kier molecular flexibility index (Phi) is 5.00. The van der Waals surface area contributed by atoms with Crippen LogP contribution in [0.5, 0.6) is 0 Å². The molecule has 4 nitrogen and oxygen atoms in total.